The number of carboxylic acids is 1. The first-order chi connectivity index (χ1) is 9.02. The number of amides is 1. The first-order valence-electron chi connectivity index (χ1n) is 6.71. The Morgan fingerprint density at radius 2 is 1.50 bits per heavy atom. The van der Waals surface area contributed by atoms with Crippen molar-refractivity contribution in [3.63, 3.8) is 0 Å². The minimum absolute atomic E-state index is 0. The molecular weight excluding hydrogens is 284 g/mol. The maximum atomic E-state index is 11.7. The van der Waals surface area contributed by atoms with Crippen molar-refractivity contribution in [2.75, 3.05) is 13.1 Å². The maximum Gasteiger partial charge on any atom is 0.326 e. The van der Waals surface area contributed by atoms with Crippen LogP contribution in [0, 0.1) is 0 Å². The summed E-state index contributed by atoms with van der Waals surface area (Å²) in [5.41, 5.74) is 16.4. The molecule has 8 N–H and O–H groups in total. The SMILES string of the molecule is Cl.NCCCC[C@H](NC(=O)[C@@H](N)CCCCN)C(=O)O. The standard InChI is InChI=1S/C12H26N4O3.ClH/c13-7-3-1-5-9(15)11(17)16-10(12(18)19)6-2-4-8-14;/h9-10H,1-8,13-15H2,(H,16,17)(H,18,19);1H/t9-,10-;/m0./s1. The van der Waals surface area contributed by atoms with E-state index < -0.39 is 24.0 Å². The van der Waals surface area contributed by atoms with Crippen LogP contribution in [-0.4, -0.2) is 42.2 Å². The molecule has 0 rings (SSSR count). The summed E-state index contributed by atoms with van der Waals surface area (Å²) in [5, 5.41) is 11.5. The zero-order chi connectivity index (χ0) is 14.7. The molecule has 0 unspecified atom stereocenters. The highest BCUT2D eigenvalue weighted by molar-refractivity contribution is 5.86. The van der Waals surface area contributed by atoms with Gasteiger partial charge in [0.1, 0.15) is 6.04 Å². The van der Waals surface area contributed by atoms with Gasteiger partial charge in [-0.1, -0.05) is 6.42 Å². The molecule has 0 aromatic carbocycles. The van der Waals surface area contributed by atoms with Crippen LogP contribution in [0.4, 0.5) is 0 Å². The largest absolute Gasteiger partial charge is 0.480 e. The van der Waals surface area contributed by atoms with E-state index in [9.17, 15) is 9.59 Å². The van der Waals surface area contributed by atoms with Gasteiger partial charge in [-0.15, -0.1) is 12.4 Å². The van der Waals surface area contributed by atoms with E-state index in [1.54, 1.807) is 0 Å². The zero-order valence-corrected chi connectivity index (χ0v) is 12.5. The molecule has 0 aliphatic rings. The molecule has 7 nitrogen and oxygen atoms in total. The molecule has 1 amide bonds. The van der Waals surface area contributed by atoms with E-state index in [1.807, 2.05) is 0 Å². The smallest absolute Gasteiger partial charge is 0.326 e. The second kappa shape index (κ2) is 13.1. The number of unbranched alkanes of at least 4 members (excludes halogenated alkanes) is 2. The molecule has 8 heteroatoms. The zero-order valence-electron chi connectivity index (χ0n) is 11.7. The predicted molar refractivity (Wildman–Crippen MR) is 80.6 cm³/mol. The van der Waals surface area contributed by atoms with Gasteiger partial charge in [0.15, 0.2) is 0 Å². The number of rotatable bonds is 11. The summed E-state index contributed by atoms with van der Waals surface area (Å²) in [7, 11) is 0. The lowest BCUT2D eigenvalue weighted by Crippen LogP contribution is -2.48. The number of carbonyl (C=O) groups is 2. The van der Waals surface area contributed by atoms with Gasteiger partial charge >= 0.3 is 5.97 Å². The van der Waals surface area contributed by atoms with Gasteiger partial charge < -0.3 is 27.6 Å². The van der Waals surface area contributed by atoms with Crippen LogP contribution in [0.5, 0.6) is 0 Å². The van der Waals surface area contributed by atoms with Crippen LogP contribution in [-0.2, 0) is 9.59 Å². The van der Waals surface area contributed by atoms with Crippen molar-refractivity contribution in [2.24, 2.45) is 17.2 Å². The number of aliphatic carboxylic acids is 1. The van der Waals surface area contributed by atoms with Gasteiger partial charge in [0.25, 0.3) is 0 Å². The highest BCUT2D eigenvalue weighted by Crippen LogP contribution is 2.03. The second-order valence-corrected chi connectivity index (χ2v) is 4.57. The second-order valence-electron chi connectivity index (χ2n) is 4.57. The molecule has 20 heavy (non-hydrogen) atoms. The van der Waals surface area contributed by atoms with E-state index in [-0.39, 0.29) is 12.4 Å². The fourth-order valence-corrected chi connectivity index (χ4v) is 1.67. The number of carboxylic acid groups (broad SMARTS) is 1. The van der Waals surface area contributed by atoms with E-state index in [0.29, 0.717) is 32.4 Å². The Labute approximate surface area is 126 Å². The summed E-state index contributed by atoms with van der Waals surface area (Å²) in [6.45, 7) is 1.07. The number of halogens is 1. The van der Waals surface area contributed by atoms with Crippen molar-refractivity contribution in [1.82, 2.24) is 5.32 Å². The summed E-state index contributed by atoms with van der Waals surface area (Å²) in [5.74, 6) is -1.46. The topological polar surface area (TPSA) is 144 Å². The Balaban J connectivity index is 0. The lowest BCUT2D eigenvalue weighted by molar-refractivity contribution is -0.142. The summed E-state index contributed by atoms with van der Waals surface area (Å²) in [6.07, 6.45) is 3.85. The Hall–Kier alpha value is -0.890. The van der Waals surface area contributed by atoms with Crippen molar-refractivity contribution >= 4 is 24.3 Å². The number of hydrogen-bond donors (Lipinski definition) is 5. The number of hydrogen-bond acceptors (Lipinski definition) is 5. The van der Waals surface area contributed by atoms with Gasteiger partial charge in [-0.25, -0.2) is 4.79 Å². The molecule has 0 aliphatic heterocycles. The molecule has 0 spiro atoms. The minimum atomic E-state index is -1.04. The van der Waals surface area contributed by atoms with Gasteiger partial charge in [0.2, 0.25) is 5.91 Å². The molecule has 0 bridgehead atoms. The average molecular weight is 311 g/mol. The Morgan fingerprint density at radius 3 is 1.95 bits per heavy atom. The summed E-state index contributed by atoms with van der Waals surface area (Å²) >= 11 is 0. The minimum Gasteiger partial charge on any atom is -0.480 e. The Kier molecular flexibility index (Phi) is 14.0. The maximum absolute atomic E-state index is 11.7. The van der Waals surface area contributed by atoms with Crippen molar-refractivity contribution < 1.29 is 14.7 Å². The highest BCUT2D eigenvalue weighted by atomic mass is 35.5. The molecule has 2 atom stereocenters. The molecule has 120 valence electrons. The van der Waals surface area contributed by atoms with Crippen LogP contribution < -0.4 is 22.5 Å². The van der Waals surface area contributed by atoms with Crippen LogP contribution >= 0.6 is 12.4 Å². The van der Waals surface area contributed by atoms with Crippen LogP contribution in [0.3, 0.4) is 0 Å². The third-order valence-corrected chi connectivity index (χ3v) is 2.87. The molecular formula is C12H27ClN4O3. The van der Waals surface area contributed by atoms with E-state index in [2.05, 4.69) is 5.32 Å². The molecule has 0 aromatic rings. The third kappa shape index (κ3) is 9.96. The number of carbonyl (C=O) groups excluding carboxylic acids is 1. The molecule has 0 heterocycles. The van der Waals surface area contributed by atoms with Gasteiger partial charge in [0.05, 0.1) is 6.04 Å². The van der Waals surface area contributed by atoms with E-state index in [1.165, 1.54) is 0 Å². The van der Waals surface area contributed by atoms with E-state index in [0.717, 1.165) is 19.3 Å². The van der Waals surface area contributed by atoms with Crippen molar-refractivity contribution in [2.45, 2.75) is 50.6 Å². The third-order valence-electron chi connectivity index (χ3n) is 2.87. The predicted octanol–water partition coefficient (Wildman–Crippen LogP) is -0.437. The highest BCUT2D eigenvalue weighted by Gasteiger charge is 2.22. The summed E-state index contributed by atoms with van der Waals surface area (Å²) in [4.78, 5) is 22.7. The lowest BCUT2D eigenvalue weighted by atomic mass is 10.1. The Bertz CT molecular complexity index is 279. The monoisotopic (exact) mass is 310 g/mol. The van der Waals surface area contributed by atoms with Gasteiger partial charge in [0, 0.05) is 0 Å². The quantitative estimate of drug-likeness (QED) is 0.327. The van der Waals surface area contributed by atoms with Crippen molar-refractivity contribution in [1.29, 1.82) is 0 Å². The van der Waals surface area contributed by atoms with Crippen LogP contribution in [0.1, 0.15) is 38.5 Å². The number of nitrogens with two attached hydrogens (primary N) is 3. The average Bonchev–Trinajstić information content (AvgIpc) is 2.37. The van der Waals surface area contributed by atoms with Gasteiger partial charge in [-0.3, -0.25) is 4.79 Å². The van der Waals surface area contributed by atoms with Gasteiger partial charge in [-0.05, 0) is 45.2 Å². The first-order valence-corrected chi connectivity index (χ1v) is 6.71. The molecule has 0 radical (unpaired) electrons. The van der Waals surface area contributed by atoms with E-state index in [4.69, 9.17) is 22.3 Å². The number of nitrogens with one attached hydrogen (secondary N) is 1. The molecule has 0 aliphatic carbocycles. The lowest BCUT2D eigenvalue weighted by Gasteiger charge is -2.17. The molecule has 0 saturated carbocycles. The molecule has 0 fully saturated rings. The molecule has 0 saturated heterocycles. The summed E-state index contributed by atoms with van der Waals surface area (Å²) < 4.78 is 0. The van der Waals surface area contributed by atoms with Crippen molar-refractivity contribution in [3.05, 3.63) is 0 Å². The fraction of sp³-hybridized carbons (Fsp3) is 0.833. The first kappa shape index (κ1) is 21.4. The van der Waals surface area contributed by atoms with Gasteiger partial charge in [-0.2, -0.15) is 0 Å². The molecule has 0 aromatic heterocycles. The van der Waals surface area contributed by atoms with Crippen LogP contribution in [0.2, 0.25) is 0 Å². The van der Waals surface area contributed by atoms with Crippen LogP contribution in [0.25, 0.3) is 0 Å². The fourth-order valence-electron chi connectivity index (χ4n) is 1.67. The van der Waals surface area contributed by atoms with Crippen molar-refractivity contribution in [3.8, 4) is 0 Å². The summed E-state index contributed by atoms with van der Waals surface area (Å²) in [6, 6.07) is -1.57. The van der Waals surface area contributed by atoms with Crippen LogP contribution in [0.15, 0.2) is 0 Å². The Morgan fingerprint density at radius 1 is 1.00 bits per heavy atom. The normalized spacial score (nSPS) is 13.2. The van der Waals surface area contributed by atoms with E-state index >= 15 is 0 Å².